The molecule has 4 N–H and O–H groups in total. The number of aromatic nitrogens is 4. The van der Waals surface area contributed by atoms with E-state index in [1.54, 1.807) is 28.0 Å². The number of para-hydroxylation sites is 1. The van der Waals surface area contributed by atoms with Gasteiger partial charge in [0.15, 0.2) is 0 Å². The molecule has 1 unspecified atom stereocenters. The number of aromatic amines is 1. The van der Waals surface area contributed by atoms with Crippen molar-refractivity contribution >= 4 is 28.5 Å². The van der Waals surface area contributed by atoms with E-state index < -0.39 is 0 Å². The monoisotopic (exact) mass is 429 g/mol. The summed E-state index contributed by atoms with van der Waals surface area (Å²) in [6.45, 7) is 1.01. The van der Waals surface area contributed by atoms with E-state index in [4.69, 9.17) is 5.73 Å². The van der Waals surface area contributed by atoms with Gasteiger partial charge in [-0.2, -0.15) is 5.10 Å². The number of fused-ring (bicyclic) bond motifs is 1. The molecule has 1 aliphatic rings. The molecule has 4 aromatic rings. The minimum absolute atomic E-state index is 0.0716. The fraction of sp³-hybridized carbons (Fsp3) is 0.217. The lowest BCUT2D eigenvalue weighted by Gasteiger charge is -2.17. The number of likely N-dealkylation sites (tertiary alicyclic amines) is 1. The van der Waals surface area contributed by atoms with Crippen molar-refractivity contribution in [2.24, 2.45) is 7.05 Å². The molecule has 0 bridgehead atoms. The summed E-state index contributed by atoms with van der Waals surface area (Å²) in [6.07, 6.45) is 5.85. The first-order valence-electron chi connectivity index (χ1n) is 10.4. The maximum Gasteiger partial charge on any atom is 0.270 e. The van der Waals surface area contributed by atoms with Crippen LogP contribution in [0.2, 0.25) is 0 Å². The van der Waals surface area contributed by atoms with E-state index >= 15 is 0 Å². The number of pyridine rings is 1. The number of H-pyrrole nitrogens is 1. The molecule has 0 aliphatic carbocycles. The Kier molecular flexibility index (Phi) is 4.85. The summed E-state index contributed by atoms with van der Waals surface area (Å²) in [5.74, 6) is -0.206. The van der Waals surface area contributed by atoms with Crippen LogP contribution in [0.25, 0.3) is 22.0 Å². The Hall–Kier alpha value is -4.14. The lowest BCUT2D eigenvalue weighted by Crippen LogP contribution is -2.38. The number of nitrogens with one attached hydrogen (secondary N) is 2. The molecular weight excluding hydrogens is 406 g/mol. The second-order valence-corrected chi connectivity index (χ2v) is 8.04. The maximum atomic E-state index is 12.9. The predicted octanol–water partition coefficient (Wildman–Crippen LogP) is 2.19. The van der Waals surface area contributed by atoms with Crippen molar-refractivity contribution < 1.29 is 9.59 Å². The number of hydrogen-bond acceptors (Lipinski definition) is 5. The fourth-order valence-corrected chi connectivity index (χ4v) is 4.07. The first-order valence-corrected chi connectivity index (χ1v) is 10.4. The summed E-state index contributed by atoms with van der Waals surface area (Å²) in [5.41, 5.74) is 9.38. The van der Waals surface area contributed by atoms with Gasteiger partial charge in [0, 0.05) is 60.6 Å². The Morgan fingerprint density at radius 1 is 1.19 bits per heavy atom. The molecule has 0 radical (unpaired) electrons. The smallest absolute Gasteiger partial charge is 0.270 e. The molecule has 2 amide bonds. The summed E-state index contributed by atoms with van der Waals surface area (Å²) < 4.78 is 1.68. The van der Waals surface area contributed by atoms with E-state index in [9.17, 15) is 9.59 Å². The van der Waals surface area contributed by atoms with E-state index in [1.807, 2.05) is 43.6 Å². The van der Waals surface area contributed by atoms with Crippen molar-refractivity contribution in [3.05, 3.63) is 66.2 Å². The number of nitrogens with zero attached hydrogens (tertiary/aromatic N) is 4. The van der Waals surface area contributed by atoms with Crippen LogP contribution in [0, 0.1) is 0 Å². The zero-order valence-electron chi connectivity index (χ0n) is 17.6. The number of rotatable bonds is 4. The van der Waals surface area contributed by atoms with Crippen LogP contribution >= 0.6 is 0 Å². The van der Waals surface area contributed by atoms with Gasteiger partial charge in [0.2, 0.25) is 0 Å². The van der Waals surface area contributed by atoms with Gasteiger partial charge in [0.1, 0.15) is 11.5 Å². The van der Waals surface area contributed by atoms with Gasteiger partial charge in [0.05, 0.1) is 11.8 Å². The number of hydrogen-bond donors (Lipinski definition) is 3. The van der Waals surface area contributed by atoms with Crippen LogP contribution in [0.3, 0.4) is 0 Å². The number of benzene rings is 1. The zero-order chi connectivity index (χ0) is 22.2. The van der Waals surface area contributed by atoms with E-state index in [2.05, 4.69) is 20.4 Å². The molecule has 1 atom stereocenters. The summed E-state index contributed by atoms with van der Waals surface area (Å²) in [4.78, 5) is 34.9. The van der Waals surface area contributed by atoms with Gasteiger partial charge in [-0.3, -0.25) is 14.3 Å². The normalized spacial score (nSPS) is 15.9. The minimum Gasteiger partial charge on any atom is -0.383 e. The van der Waals surface area contributed by atoms with Gasteiger partial charge < -0.3 is 20.9 Å². The predicted molar refractivity (Wildman–Crippen MR) is 121 cm³/mol. The summed E-state index contributed by atoms with van der Waals surface area (Å²) in [6, 6.07) is 11.2. The number of nitrogens with two attached hydrogens (primary N) is 1. The lowest BCUT2D eigenvalue weighted by atomic mass is 10.1. The van der Waals surface area contributed by atoms with Crippen molar-refractivity contribution in [2.45, 2.75) is 12.5 Å². The molecule has 162 valence electrons. The number of nitrogen functional groups attached to an aromatic ring is 1. The molecule has 3 aromatic heterocycles. The third kappa shape index (κ3) is 3.68. The highest BCUT2D eigenvalue weighted by atomic mass is 16.2. The topological polar surface area (TPSA) is 122 Å². The molecule has 4 heterocycles. The summed E-state index contributed by atoms with van der Waals surface area (Å²) >= 11 is 0. The van der Waals surface area contributed by atoms with Crippen molar-refractivity contribution in [2.75, 3.05) is 18.8 Å². The summed E-state index contributed by atoms with van der Waals surface area (Å²) in [7, 11) is 1.82. The second kappa shape index (κ2) is 7.84. The van der Waals surface area contributed by atoms with Gasteiger partial charge >= 0.3 is 0 Å². The second-order valence-electron chi connectivity index (χ2n) is 8.04. The lowest BCUT2D eigenvalue weighted by molar-refractivity contribution is 0.0778. The quantitative estimate of drug-likeness (QED) is 0.459. The molecule has 1 aliphatic heterocycles. The molecule has 0 spiro atoms. The van der Waals surface area contributed by atoms with E-state index in [0.717, 1.165) is 22.0 Å². The third-order valence-corrected chi connectivity index (χ3v) is 5.77. The molecule has 0 saturated carbocycles. The molecule has 1 aromatic carbocycles. The number of carbonyl (C=O) groups is 2. The Labute approximate surface area is 184 Å². The maximum absolute atomic E-state index is 12.9. The minimum atomic E-state index is -0.300. The van der Waals surface area contributed by atoms with Crippen molar-refractivity contribution in [3.8, 4) is 11.1 Å². The van der Waals surface area contributed by atoms with Crippen molar-refractivity contribution in [1.29, 1.82) is 0 Å². The Bertz CT molecular complexity index is 1290. The van der Waals surface area contributed by atoms with Crippen molar-refractivity contribution in [1.82, 2.24) is 30.0 Å². The Balaban J connectivity index is 1.27. The van der Waals surface area contributed by atoms with E-state index in [1.165, 1.54) is 0 Å². The number of amides is 2. The fourth-order valence-electron chi connectivity index (χ4n) is 4.07. The standard InChI is InChI=1S/C23H23N7O2/c1-29-12-16(11-26-29)15-8-18(21(24)25-10-15)22(31)27-17-6-7-30(13-17)23(32)20-9-14-4-2-3-5-19(14)28-20/h2-5,8-12,17,28H,6-7,13H2,1H3,(H2,24,25)(H,27,31). The van der Waals surface area contributed by atoms with Crippen LogP contribution in [-0.4, -0.2) is 55.6 Å². The number of carbonyl (C=O) groups excluding carboxylic acids is 2. The highest BCUT2D eigenvalue weighted by molar-refractivity contribution is 6.00. The van der Waals surface area contributed by atoms with Gasteiger partial charge in [-0.15, -0.1) is 0 Å². The molecule has 32 heavy (non-hydrogen) atoms. The molecule has 9 heteroatoms. The highest BCUT2D eigenvalue weighted by Crippen LogP contribution is 2.22. The largest absolute Gasteiger partial charge is 0.383 e. The first-order chi connectivity index (χ1) is 15.5. The SMILES string of the molecule is Cn1cc(-c2cnc(N)c(C(=O)NC3CCN(C(=O)c4cc5ccccc5[nH]4)C3)c2)cn1. The van der Waals surface area contributed by atoms with Crippen LogP contribution in [0.15, 0.2) is 55.0 Å². The van der Waals surface area contributed by atoms with E-state index in [0.29, 0.717) is 30.8 Å². The van der Waals surface area contributed by atoms with Crippen LogP contribution in [0.1, 0.15) is 27.3 Å². The highest BCUT2D eigenvalue weighted by Gasteiger charge is 2.29. The average Bonchev–Trinajstić information content (AvgIpc) is 3.53. The third-order valence-electron chi connectivity index (χ3n) is 5.77. The first kappa shape index (κ1) is 19.8. The molecule has 1 saturated heterocycles. The molecule has 1 fully saturated rings. The Morgan fingerprint density at radius 3 is 2.81 bits per heavy atom. The zero-order valence-corrected chi connectivity index (χ0v) is 17.6. The van der Waals surface area contributed by atoms with Gasteiger partial charge in [-0.05, 0) is 24.6 Å². The van der Waals surface area contributed by atoms with Crippen LogP contribution in [-0.2, 0) is 7.05 Å². The summed E-state index contributed by atoms with van der Waals surface area (Å²) in [5, 5.41) is 8.15. The molecule has 5 rings (SSSR count). The van der Waals surface area contributed by atoms with Crippen LogP contribution < -0.4 is 11.1 Å². The van der Waals surface area contributed by atoms with Crippen molar-refractivity contribution in [3.63, 3.8) is 0 Å². The van der Waals surface area contributed by atoms with Gasteiger partial charge in [-0.25, -0.2) is 4.98 Å². The van der Waals surface area contributed by atoms with Crippen LogP contribution in [0.4, 0.5) is 5.82 Å². The molecule has 9 nitrogen and oxygen atoms in total. The molecular formula is C23H23N7O2. The van der Waals surface area contributed by atoms with Gasteiger partial charge in [0.25, 0.3) is 11.8 Å². The average molecular weight is 429 g/mol. The number of anilines is 1. The van der Waals surface area contributed by atoms with Crippen LogP contribution in [0.5, 0.6) is 0 Å². The Morgan fingerprint density at radius 2 is 2.03 bits per heavy atom. The number of aryl methyl sites for hydroxylation is 1. The van der Waals surface area contributed by atoms with E-state index in [-0.39, 0.29) is 23.7 Å². The van der Waals surface area contributed by atoms with Gasteiger partial charge in [-0.1, -0.05) is 18.2 Å².